The van der Waals surface area contributed by atoms with Crippen LogP contribution in [0.15, 0.2) is 29.6 Å². The maximum absolute atomic E-state index is 13.4. The number of nitrogens with zero attached hydrogens (tertiary/aromatic N) is 1. The van der Waals surface area contributed by atoms with E-state index in [1.54, 1.807) is 18.4 Å². The standard InChI is InChI=1S/C15H11FN2O3S/c1-9-2-3-10(6-12(9)16)15(20)21-8-13(19)18-14-11(7-17)4-5-22-14/h2-6H,8H2,1H3,(H,18,19). The Bertz CT molecular complexity index is 764. The molecular weight excluding hydrogens is 307 g/mol. The molecule has 1 aromatic carbocycles. The number of benzene rings is 1. The van der Waals surface area contributed by atoms with Crippen molar-refractivity contribution in [1.82, 2.24) is 0 Å². The summed E-state index contributed by atoms with van der Waals surface area (Å²) in [4.78, 5) is 23.4. The van der Waals surface area contributed by atoms with E-state index >= 15 is 0 Å². The van der Waals surface area contributed by atoms with E-state index in [-0.39, 0.29) is 5.56 Å². The van der Waals surface area contributed by atoms with Gasteiger partial charge < -0.3 is 10.1 Å². The Hall–Kier alpha value is -2.72. The number of anilines is 1. The summed E-state index contributed by atoms with van der Waals surface area (Å²) >= 11 is 1.19. The molecule has 1 aromatic heterocycles. The molecule has 0 atom stereocenters. The number of thiophene rings is 1. The summed E-state index contributed by atoms with van der Waals surface area (Å²) < 4.78 is 18.2. The summed E-state index contributed by atoms with van der Waals surface area (Å²) in [6.07, 6.45) is 0. The largest absolute Gasteiger partial charge is 0.452 e. The van der Waals surface area contributed by atoms with Gasteiger partial charge >= 0.3 is 5.97 Å². The molecule has 0 aliphatic heterocycles. The summed E-state index contributed by atoms with van der Waals surface area (Å²) in [7, 11) is 0. The third-order valence-electron chi connectivity index (χ3n) is 2.78. The first kappa shape index (κ1) is 15.7. The molecule has 2 aromatic rings. The highest BCUT2D eigenvalue weighted by molar-refractivity contribution is 7.14. The molecule has 112 valence electrons. The maximum Gasteiger partial charge on any atom is 0.338 e. The Balaban J connectivity index is 1.92. The molecular formula is C15H11FN2O3S. The Morgan fingerprint density at radius 1 is 1.41 bits per heavy atom. The molecule has 5 nitrogen and oxygen atoms in total. The highest BCUT2D eigenvalue weighted by Crippen LogP contribution is 2.21. The number of carbonyl (C=O) groups is 2. The van der Waals surface area contributed by atoms with Gasteiger partial charge in [0, 0.05) is 0 Å². The van der Waals surface area contributed by atoms with Crippen molar-refractivity contribution in [3.05, 3.63) is 52.2 Å². The third kappa shape index (κ3) is 3.68. The zero-order valence-corrected chi connectivity index (χ0v) is 12.4. The molecule has 1 amide bonds. The number of aryl methyl sites for hydroxylation is 1. The van der Waals surface area contributed by atoms with Gasteiger partial charge in [-0.15, -0.1) is 11.3 Å². The summed E-state index contributed by atoms with van der Waals surface area (Å²) in [6, 6.07) is 7.44. The third-order valence-corrected chi connectivity index (χ3v) is 3.61. The molecule has 22 heavy (non-hydrogen) atoms. The lowest BCUT2D eigenvalue weighted by atomic mass is 10.1. The Morgan fingerprint density at radius 2 is 2.18 bits per heavy atom. The SMILES string of the molecule is Cc1ccc(C(=O)OCC(=O)Nc2sccc2C#N)cc1F. The van der Waals surface area contributed by atoms with E-state index < -0.39 is 24.3 Å². The molecule has 7 heteroatoms. The molecule has 1 heterocycles. The fourth-order valence-corrected chi connectivity index (χ4v) is 2.34. The van der Waals surface area contributed by atoms with Crippen molar-refractivity contribution < 1.29 is 18.7 Å². The second-order valence-corrected chi connectivity index (χ2v) is 5.28. The number of halogens is 1. The maximum atomic E-state index is 13.4. The van der Waals surface area contributed by atoms with Gasteiger partial charge in [0.15, 0.2) is 6.61 Å². The van der Waals surface area contributed by atoms with Crippen LogP contribution in [-0.4, -0.2) is 18.5 Å². The lowest BCUT2D eigenvalue weighted by Gasteiger charge is -2.06. The lowest BCUT2D eigenvalue weighted by molar-refractivity contribution is -0.119. The van der Waals surface area contributed by atoms with Crippen molar-refractivity contribution in [2.75, 3.05) is 11.9 Å². The second kappa shape index (κ2) is 6.83. The first-order valence-electron chi connectivity index (χ1n) is 6.22. The second-order valence-electron chi connectivity index (χ2n) is 4.36. The van der Waals surface area contributed by atoms with E-state index in [9.17, 15) is 14.0 Å². The molecule has 0 aliphatic carbocycles. The van der Waals surface area contributed by atoms with Crippen LogP contribution < -0.4 is 5.32 Å². The molecule has 0 radical (unpaired) electrons. The van der Waals surface area contributed by atoms with E-state index in [1.165, 1.54) is 23.5 Å². The minimum atomic E-state index is -0.791. The van der Waals surface area contributed by atoms with Crippen molar-refractivity contribution >= 4 is 28.2 Å². The van der Waals surface area contributed by atoms with Crippen LogP contribution >= 0.6 is 11.3 Å². The Labute approximate surface area is 129 Å². The van der Waals surface area contributed by atoms with Crippen LogP contribution in [0.1, 0.15) is 21.5 Å². The van der Waals surface area contributed by atoms with E-state index in [0.29, 0.717) is 16.1 Å². The number of rotatable bonds is 4. The number of esters is 1. The number of carbonyl (C=O) groups excluding carboxylic acids is 2. The first-order chi connectivity index (χ1) is 10.5. The van der Waals surface area contributed by atoms with Crippen LogP contribution in [0.4, 0.5) is 9.39 Å². The predicted octanol–water partition coefficient (Wildman–Crippen LogP) is 2.86. The number of nitriles is 1. The van der Waals surface area contributed by atoms with Crippen molar-refractivity contribution in [3.8, 4) is 6.07 Å². The predicted molar refractivity (Wildman–Crippen MR) is 79.1 cm³/mol. The van der Waals surface area contributed by atoms with E-state index in [2.05, 4.69) is 5.32 Å². The lowest BCUT2D eigenvalue weighted by Crippen LogP contribution is -2.20. The first-order valence-corrected chi connectivity index (χ1v) is 7.10. The molecule has 0 saturated heterocycles. The van der Waals surface area contributed by atoms with Gasteiger partial charge in [-0.25, -0.2) is 9.18 Å². The monoisotopic (exact) mass is 318 g/mol. The number of ether oxygens (including phenoxy) is 1. The van der Waals surface area contributed by atoms with Crippen molar-refractivity contribution in [2.45, 2.75) is 6.92 Å². The summed E-state index contributed by atoms with van der Waals surface area (Å²) in [5.74, 6) is -1.88. The molecule has 0 aliphatic rings. The fourth-order valence-electron chi connectivity index (χ4n) is 1.59. The van der Waals surface area contributed by atoms with Crippen molar-refractivity contribution in [1.29, 1.82) is 5.26 Å². The minimum Gasteiger partial charge on any atom is -0.452 e. The van der Waals surface area contributed by atoms with Crippen molar-refractivity contribution in [2.24, 2.45) is 0 Å². The van der Waals surface area contributed by atoms with Gasteiger partial charge in [0.2, 0.25) is 0 Å². The van der Waals surface area contributed by atoms with Gasteiger partial charge in [-0.3, -0.25) is 4.79 Å². The minimum absolute atomic E-state index is 0.0322. The molecule has 0 saturated carbocycles. The summed E-state index contributed by atoms with van der Waals surface area (Å²) in [6.45, 7) is 1.06. The fraction of sp³-hybridized carbons (Fsp3) is 0.133. The Kier molecular flexibility index (Phi) is 4.86. The number of hydrogen-bond donors (Lipinski definition) is 1. The van der Waals surface area contributed by atoms with Crippen LogP contribution in [0.5, 0.6) is 0 Å². The van der Waals surface area contributed by atoms with Crippen LogP contribution in [-0.2, 0) is 9.53 Å². The molecule has 1 N–H and O–H groups in total. The van der Waals surface area contributed by atoms with Gasteiger partial charge in [-0.05, 0) is 36.1 Å². The molecule has 0 unspecified atom stereocenters. The van der Waals surface area contributed by atoms with Crippen LogP contribution in [0, 0.1) is 24.1 Å². The molecule has 2 rings (SSSR count). The summed E-state index contributed by atoms with van der Waals surface area (Å²) in [5, 5.41) is 13.3. The highest BCUT2D eigenvalue weighted by atomic mass is 32.1. The van der Waals surface area contributed by atoms with Gasteiger partial charge in [0.1, 0.15) is 16.9 Å². The van der Waals surface area contributed by atoms with Gasteiger partial charge in [-0.1, -0.05) is 6.07 Å². The molecule has 0 fully saturated rings. The summed E-state index contributed by atoms with van der Waals surface area (Å²) in [5.41, 5.74) is 0.783. The van der Waals surface area contributed by atoms with Gasteiger partial charge in [0.05, 0.1) is 11.1 Å². The van der Waals surface area contributed by atoms with E-state index in [0.717, 1.165) is 6.07 Å². The highest BCUT2D eigenvalue weighted by Gasteiger charge is 2.13. The van der Waals surface area contributed by atoms with Crippen LogP contribution in [0.2, 0.25) is 0 Å². The number of amides is 1. The molecule has 0 spiro atoms. The van der Waals surface area contributed by atoms with E-state index in [4.69, 9.17) is 10.00 Å². The Morgan fingerprint density at radius 3 is 2.86 bits per heavy atom. The topological polar surface area (TPSA) is 79.2 Å². The number of hydrogen-bond acceptors (Lipinski definition) is 5. The van der Waals surface area contributed by atoms with Gasteiger partial charge in [-0.2, -0.15) is 5.26 Å². The molecule has 0 bridgehead atoms. The van der Waals surface area contributed by atoms with E-state index in [1.807, 2.05) is 6.07 Å². The average Bonchev–Trinajstić information content (AvgIpc) is 2.94. The van der Waals surface area contributed by atoms with Crippen LogP contribution in [0.25, 0.3) is 0 Å². The zero-order chi connectivity index (χ0) is 16.1. The quantitative estimate of drug-likeness (QED) is 0.879. The number of nitrogens with one attached hydrogen (secondary N) is 1. The van der Waals surface area contributed by atoms with Crippen LogP contribution in [0.3, 0.4) is 0 Å². The normalized spacial score (nSPS) is 9.86. The van der Waals surface area contributed by atoms with Gasteiger partial charge in [0.25, 0.3) is 5.91 Å². The zero-order valence-electron chi connectivity index (χ0n) is 11.6. The van der Waals surface area contributed by atoms with Crippen molar-refractivity contribution in [3.63, 3.8) is 0 Å². The smallest absolute Gasteiger partial charge is 0.338 e. The average molecular weight is 318 g/mol.